The van der Waals surface area contributed by atoms with Crippen molar-refractivity contribution in [3.63, 3.8) is 0 Å². The van der Waals surface area contributed by atoms with Crippen LogP contribution in [0, 0.1) is 0 Å². The molecule has 1 N–H and O–H groups in total. The van der Waals surface area contributed by atoms with E-state index in [0.29, 0.717) is 12.8 Å². The molecular formula is C41H74O5. The van der Waals surface area contributed by atoms with E-state index in [0.717, 1.165) is 51.4 Å². The van der Waals surface area contributed by atoms with Gasteiger partial charge in [0.25, 0.3) is 0 Å². The largest absolute Gasteiger partial charge is 0.462 e. The van der Waals surface area contributed by atoms with Crippen LogP contribution in [0.1, 0.15) is 194 Å². The molecule has 0 aliphatic rings. The van der Waals surface area contributed by atoms with Crippen molar-refractivity contribution in [3.8, 4) is 0 Å². The molecule has 0 unspecified atom stereocenters. The Morgan fingerprint density at radius 1 is 0.500 bits per heavy atom. The standard InChI is InChI=1S/C41H74O5/c1-3-5-7-9-11-13-15-17-19-20-22-23-25-27-29-31-33-35-40(43)45-38-39(37-42)46-41(44)36-34-32-30-28-26-24-21-18-16-14-12-10-8-6-4-2/h12,14,17-19,21,39,42H,3-11,13,15-16,20,22-38H2,1-2H3/b14-12-,19-17-,21-18-/t39-/m0/s1. The van der Waals surface area contributed by atoms with Crippen molar-refractivity contribution in [2.75, 3.05) is 13.2 Å². The first kappa shape index (κ1) is 44.1. The fourth-order valence-electron chi connectivity index (χ4n) is 5.40. The Kier molecular flexibility index (Phi) is 36.0. The summed E-state index contributed by atoms with van der Waals surface area (Å²) in [4.78, 5) is 24.2. The molecule has 0 rings (SSSR count). The molecule has 0 amide bonds. The highest BCUT2D eigenvalue weighted by atomic mass is 16.6. The number of aliphatic hydroxyl groups is 1. The highest BCUT2D eigenvalue weighted by Gasteiger charge is 2.16. The molecule has 0 spiro atoms. The molecule has 0 aliphatic carbocycles. The van der Waals surface area contributed by atoms with Crippen molar-refractivity contribution >= 4 is 11.9 Å². The van der Waals surface area contributed by atoms with E-state index in [4.69, 9.17) is 9.47 Å². The van der Waals surface area contributed by atoms with Crippen molar-refractivity contribution in [2.45, 2.75) is 200 Å². The highest BCUT2D eigenvalue weighted by molar-refractivity contribution is 5.70. The Morgan fingerprint density at radius 2 is 0.870 bits per heavy atom. The molecule has 0 aromatic carbocycles. The van der Waals surface area contributed by atoms with Crippen molar-refractivity contribution in [1.29, 1.82) is 0 Å². The predicted molar refractivity (Wildman–Crippen MR) is 196 cm³/mol. The second kappa shape index (κ2) is 37.6. The van der Waals surface area contributed by atoms with Gasteiger partial charge in [-0.1, -0.05) is 147 Å². The molecule has 0 aromatic rings. The third-order valence-electron chi connectivity index (χ3n) is 8.41. The van der Waals surface area contributed by atoms with E-state index in [-0.39, 0.29) is 25.2 Å². The molecule has 268 valence electrons. The SMILES string of the molecule is CCCCC/C=C\C/C=C\CCCCCCCC(=O)O[C@@H](CO)COC(=O)CCCCCCCCC/C=C\CCCCCCCC. The Hall–Kier alpha value is -1.88. The van der Waals surface area contributed by atoms with Crippen molar-refractivity contribution < 1.29 is 24.2 Å². The zero-order chi connectivity index (χ0) is 33.6. The van der Waals surface area contributed by atoms with E-state index in [9.17, 15) is 14.7 Å². The number of rotatable bonds is 35. The van der Waals surface area contributed by atoms with Crippen LogP contribution in [0.4, 0.5) is 0 Å². The average Bonchev–Trinajstić information content (AvgIpc) is 3.06. The topological polar surface area (TPSA) is 72.8 Å². The molecule has 0 fully saturated rings. The Balaban J connectivity index is 3.58. The van der Waals surface area contributed by atoms with Gasteiger partial charge in [0.2, 0.25) is 0 Å². The van der Waals surface area contributed by atoms with E-state index >= 15 is 0 Å². The van der Waals surface area contributed by atoms with Crippen LogP contribution in [-0.2, 0) is 19.1 Å². The third kappa shape index (κ3) is 35.0. The van der Waals surface area contributed by atoms with Crippen LogP contribution >= 0.6 is 0 Å². The Morgan fingerprint density at radius 3 is 1.35 bits per heavy atom. The van der Waals surface area contributed by atoms with E-state index in [1.807, 2.05) is 0 Å². The first-order valence-electron chi connectivity index (χ1n) is 19.5. The van der Waals surface area contributed by atoms with Gasteiger partial charge in [0.15, 0.2) is 6.10 Å². The molecule has 1 atom stereocenters. The lowest BCUT2D eigenvalue weighted by Crippen LogP contribution is -2.28. The molecular weight excluding hydrogens is 572 g/mol. The average molecular weight is 647 g/mol. The van der Waals surface area contributed by atoms with Crippen LogP contribution in [0.5, 0.6) is 0 Å². The summed E-state index contributed by atoms with van der Waals surface area (Å²) in [5, 5.41) is 9.54. The summed E-state index contributed by atoms with van der Waals surface area (Å²) >= 11 is 0. The van der Waals surface area contributed by atoms with Gasteiger partial charge in [-0.25, -0.2) is 0 Å². The van der Waals surface area contributed by atoms with Crippen LogP contribution in [-0.4, -0.2) is 36.4 Å². The van der Waals surface area contributed by atoms with E-state index in [1.54, 1.807) is 0 Å². The summed E-state index contributed by atoms with van der Waals surface area (Å²) in [7, 11) is 0. The van der Waals surface area contributed by atoms with Crippen LogP contribution in [0.25, 0.3) is 0 Å². The summed E-state index contributed by atoms with van der Waals surface area (Å²) in [6.07, 6.45) is 44.8. The minimum absolute atomic E-state index is 0.0728. The zero-order valence-electron chi connectivity index (χ0n) is 30.3. The zero-order valence-corrected chi connectivity index (χ0v) is 30.3. The molecule has 0 bridgehead atoms. The van der Waals surface area contributed by atoms with Crippen LogP contribution < -0.4 is 0 Å². The van der Waals surface area contributed by atoms with Gasteiger partial charge in [-0.3, -0.25) is 9.59 Å². The van der Waals surface area contributed by atoms with Gasteiger partial charge < -0.3 is 14.6 Å². The smallest absolute Gasteiger partial charge is 0.306 e. The lowest BCUT2D eigenvalue weighted by Gasteiger charge is -2.15. The minimum atomic E-state index is -0.778. The fourth-order valence-corrected chi connectivity index (χ4v) is 5.40. The maximum absolute atomic E-state index is 12.1. The second-order valence-electron chi connectivity index (χ2n) is 13.0. The molecule has 0 radical (unpaired) electrons. The van der Waals surface area contributed by atoms with Gasteiger partial charge in [-0.05, 0) is 70.6 Å². The monoisotopic (exact) mass is 647 g/mol. The van der Waals surface area contributed by atoms with Gasteiger partial charge in [-0.15, -0.1) is 0 Å². The quantitative estimate of drug-likeness (QED) is 0.0421. The maximum atomic E-state index is 12.1. The van der Waals surface area contributed by atoms with Crippen molar-refractivity contribution in [2.24, 2.45) is 0 Å². The lowest BCUT2D eigenvalue weighted by atomic mass is 10.1. The summed E-state index contributed by atoms with van der Waals surface area (Å²) in [6.45, 7) is 4.09. The number of hydrogen-bond acceptors (Lipinski definition) is 5. The Bertz CT molecular complexity index is 741. The number of ether oxygens (including phenoxy) is 2. The van der Waals surface area contributed by atoms with Gasteiger partial charge >= 0.3 is 11.9 Å². The Labute approximate surface area is 285 Å². The second-order valence-corrected chi connectivity index (χ2v) is 13.0. The minimum Gasteiger partial charge on any atom is -0.462 e. The first-order valence-corrected chi connectivity index (χ1v) is 19.5. The molecule has 5 heteroatoms. The molecule has 0 saturated carbocycles. The van der Waals surface area contributed by atoms with Crippen LogP contribution in [0.2, 0.25) is 0 Å². The van der Waals surface area contributed by atoms with E-state index in [2.05, 4.69) is 50.3 Å². The van der Waals surface area contributed by atoms with Crippen molar-refractivity contribution in [3.05, 3.63) is 36.5 Å². The lowest BCUT2D eigenvalue weighted by molar-refractivity contribution is -0.161. The van der Waals surface area contributed by atoms with Crippen LogP contribution in [0.3, 0.4) is 0 Å². The maximum Gasteiger partial charge on any atom is 0.306 e. The molecule has 0 saturated heterocycles. The van der Waals surface area contributed by atoms with Crippen LogP contribution in [0.15, 0.2) is 36.5 Å². The number of carbonyl (C=O) groups excluding carboxylic acids is 2. The van der Waals surface area contributed by atoms with Gasteiger partial charge in [-0.2, -0.15) is 0 Å². The fraction of sp³-hybridized carbons (Fsp3) is 0.805. The number of allylic oxidation sites excluding steroid dienone is 6. The molecule has 0 heterocycles. The van der Waals surface area contributed by atoms with Gasteiger partial charge in [0.05, 0.1) is 6.61 Å². The number of unbranched alkanes of at least 4 members (excludes halogenated alkanes) is 21. The van der Waals surface area contributed by atoms with Gasteiger partial charge in [0, 0.05) is 12.8 Å². The summed E-state index contributed by atoms with van der Waals surface area (Å²) in [6, 6.07) is 0. The number of esters is 2. The summed E-state index contributed by atoms with van der Waals surface area (Å²) in [5.41, 5.74) is 0. The predicted octanol–water partition coefficient (Wildman–Crippen LogP) is 12.1. The molecule has 5 nitrogen and oxygen atoms in total. The molecule has 0 aliphatic heterocycles. The molecule has 0 aromatic heterocycles. The first-order chi connectivity index (χ1) is 22.6. The third-order valence-corrected chi connectivity index (χ3v) is 8.41. The number of aliphatic hydroxyl groups excluding tert-OH is 1. The van der Waals surface area contributed by atoms with E-state index < -0.39 is 6.10 Å². The van der Waals surface area contributed by atoms with Crippen molar-refractivity contribution in [1.82, 2.24) is 0 Å². The number of carbonyl (C=O) groups is 2. The molecule has 46 heavy (non-hydrogen) atoms. The summed E-state index contributed by atoms with van der Waals surface area (Å²) in [5.74, 6) is -0.610. The van der Waals surface area contributed by atoms with Gasteiger partial charge in [0.1, 0.15) is 6.61 Å². The summed E-state index contributed by atoms with van der Waals surface area (Å²) < 4.78 is 10.6. The number of hydrogen-bond donors (Lipinski definition) is 1. The highest BCUT2D eigenvalue weighted by Crippen LogP contribution is 2.13. The van der Waals surface area contributed by atoms with E-state index in [1.165, 1.54) is 116 Å². The normalized spacial score (nSPS) is 12.5.